The number of likely N-dealkylation sites (tertiary alicyclic amines) is 1. The Morgan fingerprint density at radius 1 is 1.38 bits per heavy atom. The van der Waals surface area contributed by atoms with E-state index in [1.165, 1.54) is 0 Å². The number of hydrogen-bond acceptors (Lipinski definition) is 3. The van der Waals surface area contributed by atoms with Gasteiger partial charge in [-0.1, -0.05) is 11.6 Å². The Labute approximate surface area is 130 Å². The summed E-state index contributed by atoms with van der Waals surface area (Å²) in [7, 11) is 1.92. The number of aryl methyl sites for hydroxylation is 1. The van der Waals surface area contributed by atoms with E-state index in [4.69, 9.17) is 11.6 Å². The first kappa shape index (κ1) is 14.7. The summed E-state index contributed by atoms with van der Waals surface area (Å²) in [5.74, 6) is 0. The number of aromatic nitrogens is 2. The summed E-state index contributed by atoms with van der Waals surface area (Å²) in [6.07, 6.45) is 4.81. The van der Waals surface area contributed by atoms with Crippen LogP contribution < -0.4 is 5.32 Å². The normalized spacial score (nSPS) is 21.6. The van der Waals surface area contributed by atoms with Gasteiger partial charge in [-0.25, -0.2) is 4.79 Å². The van der Waals surface area contributed by atoms with Crippen LogP contribution in [-0.2, 0) is 13.6 Å². The summed E-state index contributed by atoms with van der Waals surface area (Å²) in [4.78, 5) is 16.3. The number of hydrogen-bond donors (Lipinski definition) is 1. The van der Waals surface area contributed by atoms with Crippen LogP contribution in [0.15, 0.2) is 6.20 Å². The van der Waals surface area contributed by atoms with Gasteiger partial charge in [-0.15, -0.1) is 0 Å². The average Bonchev–Trinajstić information content (AvgIpc) is 2.81. The van der Waals surface area contributed by atoms with E-state index in [2.05, 4.69) is 15.3 Å². The molecule has 0 unspecified atom stereocenters. The Morgan fingerprint density at radius 2 is 2.14 bits per heavy atom. The number of carbonyl (C=O) groups is 1. The quantitative estimate of drug-likeness (QED) is 0.919. The smallest absolute Gasteiger partial charge is 0.317 e. The van der Waals surface area contributed by atoms with Crippen LogP contribution in [0.25, 0.3) is 0 Å². The number of rotatable bonds is 3. The van der Waals surface area contributed by atoms with Crippen LogP contribution >= 0.6 is 11.6 Å². The van der Waals surface area contributed by atoms with E-state index in [9.17, 15) is 4.79 Å². The molecule has 6 nitrogen and oxygen atoms in total. The van der Waals surface area contributed by atoms with Crippen molar-refractivity contribution in [3.63, 3.8) is 0 Å². The van der Waals surface area contributed by atoms with Gasteiger partial charge in [0.25, 0.3) is 0 Å². The van der Waals surface area contributed by atoms with Crippen LogP contribution in [-0.4, -0.2) is 57.8 Å². The molecule has 0 aromatic carbocycles. The molecular weight excluding hydrogens is 290 g/mol. The van der Waals surface area contributed by atoms with Crippen molar-refractivity contribution >= 4 is 17.6 Å². The molecule has 7 heteroatoms. The van der Waals surface area contributed by atoms with Crippen molar-refractivity contribution in [1.29, 1.82) is 0 Å². The second-order valence-corrected chi connectivity index (χ2v) is 6.26. The molecule has 3 rings (SSSR count). The molecule has 0 bridgehead atoms. The SMILES string of the molecule is Cn1ncc(Cl)c1CN1CCC(N2CCCNC2=O)CC1. The highest BCUT2D eigenvalue weighted by molar-refractivity contribution is 6.31. The largest absolute Gasteiger partial charge is 0.338 e. The molecule has 2 aliphatic rings. The molecule has 2 aliphatic heterocycles. The van der Waals surface area contributed by atoms with Crippen LogP contribution in [0.5, 0.6) is 0 Å². The predicted molar refractivity (Wildman–Crippen MR) is 81.2 cm³/mol. The van der Waals surface area contributed by atoms with Crippen LogP contribution in [0.1, 0.15) is 25.0 Å². The molecule has 0 saturated carbocycles. The standard InChI is InChI=1S/C14H22ClN5O/c1-18-13(12(15)9-17-18)10-19-7-3-11(4-8-19)20-6-2-5-16-14(20)21/h9,11H,2-8,10H2,1H3,(H,16,21). The zero-order valence-corrected chi connectivity index (χ0v) is 13.1. The monoisotopic (exact) mass is 311 g/mol. The highest BCUT2D eigenvalue weighted by Crippen LogP contribution is 2.22. The van der Waals surface area contributed by atoms with Crippen molar-refractivity contribution in [2.75, 3.05) is 26.2 Å². The molecule has 1 aromatic rings. The summed E-state index contributed by atoms with van der Waals surface area (Å²) >= 11 is 6.16. The lowest BCUT2D eigenvalue weighted by atomic mass is 10.0. The van der Waals surface area contributed by atoms with E-state index in [1.807, 2.05) is 16.6 Å². The molecule has 2 fully saturated rings. The van der Waals surface area contributed by atoms with Gasteiger partial charge >= 0.3 is 6.03 Å². The molecule has 2 amide bonds. The van der Waals surface area contributed by atoms with E-state index < -0.39 is 0 Å². The summed E-state index contributed by atoms with van der Waals surface area (Å²) in [6, 6.07) is 0.484. The molecule has 0 spiro atoms. The second kappa shape index (κ2) is 6.23. The van der Waals surface area contributed by atoms with Gasteiger partial charge in [-0.3, -0.25) is 9.58 Å². The zero-order valence-electron chi connectivity index (χ0n) is 12.4. The first-order chi connectivity index (χ1) is 10.1. The molecule has 0 aliphatic carbocycles. The Balaban J connectivity index is 1.54. The van der Waals surface area contributed by atoms with Gasteiger partial charge in [-0.2, -0.15) is 5.10 Å². The molecule has 116 valence electrons. The average molecular weight is 312 g/mol. The zero-order chi connectivity index (χ0) is 14.8. The number of carbonyl (C=O) groups excluding carboxylic acids is 1. The first-order valence-electron chi connectivity index (χ1n) is 7.58. The fourth-order valence-electron chi connectivity index (χ4n) is 3.21. The van der Waals surface area contributed by atoms with Gasteiger partial charge in [0.05, 0.1) is 16.9 Å². The minimum absolute atomic E-state index is 0.106. The molecule has 2 saturated heterocycles. The summed E-state index contributed by atoms with van der Waals surface area (Å²) < 4.78 is 1.84. The Bertz CT molecular complexity index is 490. The third-order valence-corrected chi connectivity index (χ3v) is 4.81. The van der Waals surface area contributed by atoms with E-state index >= 15 is 0 Å². The Kier molecular flexibility index (Phi) is 4.35. The number of halogens is 1. The molecule has 0 radical (unpaired) electrons. The number of piperidine rings is 1. The van der Waals surface area contributed by atoms with Crippen LogP contribution in [0.2, 0.25) is 5.02 Å². The molecular formula is C14H22ClN5O. The van der Waals surface area contributed by atoms with Gasteiger partial charge in [0.15, 0.2) is 0 Å². The fourth-order valence-corrected chi connectivity index (χ4v) is 3.44. The molecule has 3 heterocycles. The third kappa shape index (κ3) is 3.16. The van der Waals surface area contributed by atoms with Crippen molar-refractivity contribution < 1.29 is 4.79 Å². The summed E-state index contributed by atoms with van der Waals surface area (Å²) in [5, 5.41) is 7.84. The second-order valence-electron chi connectivity index (χ2n) is 5.85. The number of nitrogens with one attached hydrogen (secondary N) is 1. The van der Waals surface area contributed by atoms with Gasteiger partial charge < -0.3 is 10.2 Å². The number of urea groups is 1. The lowest BCUT2D eigenvalue weighted by molar-refractivity contribution is 0.108. The predicted octanol–water partition coefficient (Wildman–Crippen LogP) is 1.45. The van der Waals surface area contributed by atoms with Crippen LogP contribution in [0, 0.1) is 0 Å². The van der Waals surface area contributed by atoms with Gasteiger partial charge in [0.2, 0.25) is 0 Å². The van der Waals surface area contributed by atoms with Gasteiger partial charge in [0, 0.05) is 45.8 Å². The first-order valence-corrected chi connectivity index (χ1v) is 7.96. The topological polar surface area (TPSA) is 53.4 Å². The van der Waals surface area contributed by atoms with Crippen LogP contribution in [0.4, 0.5) is 4.79 Å². The van der Waals surface area contributed by atoms with Gasteiger partial charge in [-0.05, 0) is 19.3 Å². The molecule has 1 N–H and O–H groups in total. The molecule has 0 atom stereocenters. The van der Waals surface area contributed by atoms with Gasteiger partial charge in [0.1, 0.15) is 0 Å². The maximum Gasteiger partial charge on any atom is 0.317 e. The van der Waals surface area contributed by atoms with Crippen molar-refractivity contribution in [2.45, 2.75) is 31.8 Å². The lowest BCUT2D eigenvalue weighted by Gasteiger charge is -2.40. The van der Waals surface area contributed by atoms with E-state index in [0.29, 0.717) is 6.04 Å². The van der Waals surface area contributed by atoms with Crippen molar-refractivity contribution in [1.82, 2.24) is 24.9 Å². The van der Waals surface area contributed by atoms with Crippen molar-refractivity contribution in [3.05, 3.63) is 16.9 Å². The molecule has 1 aromatic heterocycles. The van der Waals surface area contributed by atoms with E-state index in [1.54, 1.807) is 6.20 Å². The number of nitrogens with zero attached hydrogens (tertiary/aromatic N) is 4. The van der Waals surface area contributed by atoms with E-state index in [-0.39, 0.29) is 6.03 Å². The van der Waals surface area contributed by atoms with Crippen LogP contribution in [0.3, 0.4) is 0 Å². The van der Waals surface area contributed by atoms with E-state index in [0.717, 1.165) is 62.7 Å². The maximum atomic E-state index is 11.9. The highest BCUT2D eigenvalue weighted by Gasteiger charge is 2.29. The third-order valence-electron chi connectivity index (χ3n) is 4.49. The number of amides is 2. The molecule has 21 heavy (non-hydrogen) atoms. The summed E-state index contributed by atoms with van der Waals surface area (Å²) in [5.41, 5.74) is 1.06. The Hall–Kier alpha value is -1.27. The minimum atomic E-state index is 0.106. The maximum absolute atomic E-state index is 11.9. The minimum Gasteiger partial charge on any atom is -0.338 e. The van der Waals surface area contributed by atoms with Crippen molar-refractivity contribution in [3.8, 4) is 0 Å². The fraction of sp³-hybridized carbons (Fsp3) is 0.714. The highest BCUT2D eigenvalue weighted by atomic mass is 35.5. The van der Waals surface area contributed by atoms with Crippen molar-refractivity contribution in [2.24, 2.45) is 7.05 Å². The Morgan fingerprint density at radius 3 is 2.76 bits per heavy atom. The summed E-state index contributed by atoms with van der Waals surface area (Å²) in [6.45, 7) is 4.53. The lowest BCUT2D eigenvalue weighted by Crippen LogP contribution is -2.54.